The summed E-state index contributed by atoms with van der Waals surface area (Å²) in [6.07, 6.45) is -4.57. The molecule has 0 aromatic heterocycles. The summed E-state index contributed by atoms with van der Waals surface area (Å²) in [5.74, 6) is 0.525. The highest BCUT2D eigenvalue weighted by atomic mass is 32.2. The van der Waals surface area contributed by atoms with Crippen LogP contribution in [0.2, 0.25) is 0 Å². The number of hydrogen-bond acceptors (Lipinski definition) is 5. The van der Waals surface area contributed by atoms with Gasteiger partial charge in [-0.2, -0.15) is 24.9 Å². The van der Waals surface area contributed by atoms with E-state index >= 15 is 0 Å². The molecule has 29 heavy (non-hydrogen) atoms. The number of nitrogens with zero attached hydrogens (tertiary/aromatic N) is 1. The minimum absolute atomic E-state index is 0.0115. The number of aromatic carboxylic acids is 1. The molecule has 0 atom stereocenters. The first-order chi connectivity index (χ1) is 13.6. The van der Waals surface area contributed by atoms with Crippen molar-refractivity contribution in [3.63, 3.8) is 0 Å². The van der Waals surface area contributed by atoms with Crippen molar-refractivity contribution in [3.8, 4) is 0 Å². The van der Waals surface area contributed by atoms with Gasteiger partial charge in [-0.05, 0) is 42.5 Å². The minimum Gasteiger partial charge on any atom is -0.478 e. The second kappa shape index (κ2) is 8.15. The normalized spacial score (nSPS) is 15.2. The van der Waals surface area contributed by atoms with Crippen LogP contribution in [0.4, 0.5) is 24.5 Å². The molecular formula is C18H17F3N2O4S2. The fourth-order valence-electron chi connectivity index (χ4n) is 2.89. The lowest BCUT2D eigenvalue weighted by atomic mass is 10.1. The third-order valence-electron chi connectivity index (χ3n) is 4.32. The molecule has 2 N–H and O–H groups in total. The zero-order chi connectivity index (χ0) is 21.2. The van der Waals surface area contributed by atoms with E-state index in [0.29, 0.717) is 30.9 Å². The summed E-state index contributed by atoms with van der Waals surface area (Å²) in [6, 6.07) is 7.23. The third-order valence-corrected chi connectivity index (χ3v) is 6.66. The van der Waals surface area contributed by atoms with Crippen LogP contribution in [-0.4, -0.2) is 44.1 Å². The highest BCUT2D eigenvalue weighted by Crippen LogP contribution is 2.31. The maximum Gasteiger partial charge on any atom is 0.416 e. The van der Waals surface area contributed by atoms with Gasteiger partial charge >= 0.3 is 12.1 Å². The van der Waals surface area contributed by atoms with Gasteiger partial charge in [0.15, 0.2) is 0 Å². The first kappa shape index (κ1) is 21.3. The second-order valence-corrected chi connectivity index (χ2v) is 9.17. The van der Waals surface area contributed by atoms with E-state index in [4.69, 9.17) is 0 Å². The molecule has 156 valence electrons. The summed E-state index contributed by atoms with van der Waals surface area (Å²) in [7, 11) is -4.18. The first-order valence-electron chi connectivity index (χ1n) is 8.48. The number of halogens is 3. The average Bonchev–Trinajstić information content (AvgIpc) is 2.68. The van der Waals surface area contributed by atoms with Gasteiger partial charge in [-0.3, -0.25) is 4.72 Å². The van der Waals surface area contributed by atoms with Gasteiger partial charge in [-0.1, -0.05) is 0 Å². The Morgan fingerprint density at radius 3 is 2.24 bits per heavy atom. The molecule has 0 unspecified atom stereocenters. The van der Waals surface area contributed by atoms with Gasteiger partial charge in [0.25, 0.3) is 10.0 Å². The lowest BCUT2D eigenvalue weighted by molar-refractivity contribution is -0.137. The number of anilines is 2. The molecule has 0 bridgehead atoms. The second-order valence-electron chi connectivity index (χ2n) is 6.26. The molecule has 0 radical (unpaired) electrons. The maximum atomic E-state index is 12.6. The van der Waals surface area contributed by atoms with Gasteiger partial charge < -0.3 is 10.0 Å². The van der Waals surface area contributed by atoms with Gasteiger partial charge in [-0.25, -0.2) is 13.2 Å². The van der Waals surface area contributed by atoms with Crippen LogP contribution in [0.25, 0.3) is 0 Å². The predicted octanol–water partition coefficient (Wildman–Crippen LogP) is 3.76. The van der Waals surface area contributed by atoms with Gasteiger partial charge in [0, 0.05) is 30.3 Å². The number of hydrogen-bond donors (Lipinski definition) is 2. The van der Waals surface area contributed by atoms with Crippen molar-refractivity contribution < 1.29 is 31.5 Å². The predicted molar refractivity (Wildman–Crippen MR) is 105 cm³/mol. The van der Waals surface area contributed by atoms with Gasteiger partial charge in [0.05, 0.1) is 21.7 Å². The third kappa shape index (κ3) is 4.96. The SMILES string of the molecule is O=C(O)c1cc(NS(=O)(=O)c2ccc(C(F)(F)F)cc2)ccc1N1CCSCC1. The van der Waals surface area contributed by atoms with Crippen LogP contribution in [0.1, 0.15) is 15.9 Å². The summed E-state index contributed by atoms with van der Waals surface area (Å²) in [5.41, 5.74) is -0.508. The fourth-order valence-corrected chi connectivity index (χ4v) is 4.84. The largest absolute Gasteiger partial charge is 0.478 e. The number of sulfonamides is 1. The van der Waals surface area contributed by atoms with Crippen molar-refractivity contribution in [2.75, 3.05) is 34.2 Å². The number of rotatable bonds is 5. The molecule has 0 amide bonds. The number of thioether (sulfide) groups is 1. The number of nitrogens with one attached hydrogen (secondary N) is 1. The van der Waals surface area contributed by atoms with Gasteiger partial charge in [0.1, 0.15) is 0 Å². The quantitative estimate of drug-likeness (QED) is 0.728. The molecular weight excluding hydrogens is 429 g/mol. The summed E-state index contributed by atoms with van der Waals surface area (Å²) < 4.78 is 65.1. The summed E-state index contributed by atoms with van der Waals surface area (Å²) in [5, 5.41) is 9.53. The number of benzene rings is 2. The van der Waals surface area contributed by atoms with E-state index in [1.54, 1.807) is 11.8 Å². The molecule has 3 rings (SSSR count). The molecule has 1 fully saturated rings. The van der Waals surface area contributed by atoms with Crippen LogP contribution in [0.15, 0.2) is 47.4 Å². The Morgan fingerprint density at radius 1 is 1.07 bits per heavy atom. The highest BCUT2D eigenvalue weighted by Gasteiger charge is 2.30. The molecule has 1 aliphatic rings. The standard InChI is InChI=1S/C18H17F3N2O4S2/c19-18(20,21)12-1-4-14(5-2-12)29(26,27)22-13-3-6-16(15(11-13)17(24)25)23-7-9-28-10-8-23/h1-6,11,22H,7-10H2,(H,24,25). The Kier molecular flexibility index (Phi) is 5.99. The maximum absolute atomic E-state index is 12.6. The molecule has 0 spiro atoms. The monoisotopic (exact) mass is 446 g/mol. The van der Waals surface area contributed by atoms with Crippen LogP contribution in [0, 0.1) is 0 Å². The van der Waals surface area contributed by atoms with Crippen LogP contribution in [-0.2, 0) is 16.2 Å². The van der Waals surface area contributed by atoms with E-state index in [-0.39, 0.29) is 16.1 Å². The lowest BCUT2D eigenvalue weighted by Crippen LogP contribution is -2.33. The molecule has 1 heterocycles. The molecule has 2 aromatic carbocycles. The average molecular weight is 446 g/mol. The molecule has 0 saturated carbocycles. The van der Waals surface area contributed by atoms with Gasteiger partial charge in [0.2, 0.25) is 0 Å². The Balaban J connectivity index is 1.87. The Hall–Kier alpha value is -2.40. The van der Waals surface area contributed by atoms with E-state index in [0.717, 1.165) is 23.6 Å². The fraction of sp³-hybridized carbons (Fsp3) is 0.278. The van der Waals surface area contributed by atoms with Crippen molar-refractivity contribution in [3.05, 3.63) is 53.6 Å². The molecule has 0 aliphatic carbocycles. The zero-order valence-electron chi connectivity index (χ0n) is 14.9. The molecule has 2 aromatic rings. The van der Waals surface area contributed by atoms with E-state index in [2.05, 4.69) is 4.72 Å². The van der Waals surface area contributed by atoms with E-state index in [1.165, 1.54) is 18.2 Å². The number of alkyl halides is 3. The molecule has 6 nitrogen and oxygen atoms in total. The van der Waals surface area contributed by atoms with E-state index < -0.39 is 27.7 Å². The van der Waals surface area contributed by atoms with Crippen LogP contribution >= 0.6 is 11.8 Å². The van der Waals surface area contributed by atoms with Crippen molar-refractivity contribution in [2.45, 2.75) is 11.1 Å². The van der Waals surface area contributed by atoms with Crippen LogP contribution in [0.3, 0.4) is 0 Å². The number of carboxylic acids is 1. The van der Waals surface area contributed by atoms with Crippen LogP contribution in [0.5, 0.6) is 0 Å². The number of carboxylic acid groups (broad SMARTS) is 1. The zero-order valence-corrected chi connectivity index (χ0v) is 16.6. The Morgan fingerprint density at radius 2 is 1.69 bits per heavy atom. The van der Waals surface area contributed by atoms with E-state index in [9.17, 15) is 31.5 Å². The number of carbonyl (C=O) groups is 1. The molecule has 1 saturated heterocycles. The first-order valence-corrected chi connectivity index (χ1v) is 11.1. The lowest BCUT2D eigenvalue weighted by Gasteiger charge is -2.29. The highest BCUT2D eigenvalue weighted by molar-refractivity contribution is 7.99. The Labute approximate surface area is 169 Å². The topological polar surface area (TPSA) is 86.7 Å². The molecule has 11 heteroatoms. The summed E-state index contributed by atoms with van der Waals surface area (Å²) in [6.45, 7) is 1.36. The minimum atomic E-state index is -4.57. The van der Waals surface area contributed by atoms with Crippen molar-refractivity contribution in [1.82, 2.24) is 0 Å². The summed E-state index contributed by atoms with van der Waals surface area (Å²) in [4.78, 5) is 13.2. The smallest absolute Gasteiger partial charge is 0.416 e. The molecule has 1 aliphatic heterocycles. The van der Waals surface area contributed by atoms with Crippen molar-refractivity contribution in [1.29, 1.82) is 0 Å². The van der Waals surface area contributed by atoms with Gasteiger partial charge in [-0.15, -0.1) is 0 Å². The van der Waals surface area contributed by atoms with Crippen LogP contribution < -0.4 is 9.62 Å². The Bertz CT molecular complexity index is 1000. The van der Waals surface area contributed by atoms with Crippen molar-refractivity contribution in [2.24, 2.45) is 0 Å². The van der Waals surface area contributed by atoms with Crippen molar-refractivity contribution >= 4 is 39.1 Å². The summed E-state index contributed by atoms with van der Waals surface area (Å²) >= 11 is 1.77. The van der Waals surface area contributed by atoms with E-state index in [1.807, 2.05) is 4.90 Å².